The van der Waals surface area contributed by atoms with E-state index in [0.29, 0.717) is 36.4 Å². The molecule has 174 valence electrons. The average molecular weight is 475 g/mol. The lowest BCUT2D eigenvalue weighted by atomic mass is 10.1. The van der Waals surface area contributed by atoms with E-state index < -0.39 is 0 Å². The van der Waals surface area contributed by atoms with Gasteiger partial charge in [0.05, 0.1) is 23.8 Å². The first kappa shape index (κ1) is 22.4. The van der Waals surface area contributed by atoms with E-state index in [9.17, 15) is 9.59 Å². The summed E-state index contributed by atoms with van der Waals surface area (Å²) >= 11 is 1.32. The van der Waals surface area contributed by atoms with Crippen LogP contribution in [0.25, 0.3) is 17.0 Å². The molecule has 5 rings (SSSR count). The highest BCUT2D eigenvalue weighted by atomic mass is 32.2. The molecule has 2 aromatic carbocycles. The number of ether oxygens (including phenoxy) is 1. The van der Waals surface area contributed by atoms with Gasteiger partial charge < -0.3 is 19.5 Å². The van der Waals surface area contributed by atoms with E-state index in [0.717, 1.165) is 28.6 Å². The minimum atomic E-state index is -0.171. The third kappa shape index (κ3) is 4.78. The predicted octanol–water partition coefficient (Wildman–Crippen LogP) is 3.95. The summed E-state index contributed by atoms with van der Waals surface area (Å²) in [6.45, 7) is 4.76. The lowest BCUT2D eigenvalue weighted by Gasteiger charge is -2.27. The van der Waals surface area contributed by atoms with Crippen molar-refractivity contribution in [1.29, 1.82) is 0 Å². The number of nitrogens with zero attached hydrogens (tertiary/aromatic N) is 3. The Morgan fingerprint density at radius 3 is 2.68 bits per heavy atom. The summed E-state index contributed by atoms with van der Waals surface area (Å²) in [5.74, 6) is -0.102. The number of amides is 2. The molecule has 0 bridgehead atoms. The first-order chi connectivity index (χ1) is 16.6. The summed E-state index contributed by atoms with van der Waals surface area (Å²) < 4.78 is 7.32. The van der Waals surface area contributed by atoms with Crippen molar-refractivity contribution in [3.63, 3.8) is 0 Å². The largest absolute Gasteiger partial charge is 0.378 e. The van der Waals surface area contributed by atoms with Crippen LogP contribution in [0.15, 0.2) is 64.6 Å². The fraction of sp³-hybridized carbons (Fsp3) is 0.269. The Morgan fingerprint density at radius 1 is 1.15 bits per heavy atom. The highest BCUT2D eigenvalue weighted by Gasteiger charge is 2.25. The Labute approximate surface area is 202 Å². The molecule has 2 saturated heterocycles. The molecular weight excluding hydrogens is 448 g/mol. The zero-order valence-corrected chi connectivity index (χ0v) is 19.8. The van der Waals surface area contributed by atoms with Crippen molar-refractivity contribution in [3.05, 3.63) is 70.8 Å². The van der Waals surface area contributed by atoms with Gasteiger partial charge in [-0.1, -0.05) is 37.3 Å². The normalized spacial score (nSPS) is 18.7. The lowest BCUT2D eigenvalue weighted by Crippen LogP contribution is -2.42. The second-order valence-electron chi connectivity index (χ2n) is 8.22. The smallest absolute Gasteiger partial charge is 0.264 e. The fourth-order valence-electron chi connectivity index (χ4n) is 4.12. The van der Waals surface area contributed by atoms with Crippen LogP contribution in [0, 0.1) is 0 Å². The number of aliphatic imine (C=N–C) groups is 1. The van der Waals surface area contributed by atoms with E-state index in [1.54, 1.807) is 0 Å². The monoisotopic (exact) mass is 474 g/mol. The molecule has 2 aliphatic heterocycles. The number of para-hydroxylation sites is 1. The number of morpholine rings is 1. The molecule has 1 N–H and O–H groups in total. The highest BCUT2D eigenvalue weighted by Crippen LogP contribution is 2.31. The van der Waals surface area contributed by atoms with Crippen molar-refractivity contribution < 1.29 is 14.3 Å². The Hall–Kier alpha value is -3.36. The van der Waals surface area contributed by atoms with Crippen LogP contribution in [0.3, 0.4) is 0 Å². The van der Waals surface area contributed by atoms with Crippen LogP contribution >= 0.6 is 11.8 Å². The molecule has 34 heavy (non-hydrogen) atoms. The summed E-state index contributed by atoms with van der Waals surface area (Å²) in [4.78, 5) is 32.5. The minimum Gasteiger partial charge on any atom is -0.378 e. The van der Waals surface area contributed by atoms with Gasteiger partial charge in [0.2, 0.25) is 5.91 Å². The number of carbonyl (C=O) groups excluding carboxylic acids is 2. The van der Waals surface area contributed by atoms with Gasteiger partial charge in [0, 0.05) is 35.8 Å². The van der Waals surface area contributed by atoms with Gasteiger partial charge in [-0.25, -0.2) is 4.99 Å². The van der Waals surface area contributed by atoms with Gasteiger partial charge in [0.15, 0.2) is 5.17 Å². The van der Waals surface area contributed by atoms with Gasteiger partial charge in [0.25, 0.3) is 5.91 Å². The third-order valence-corrected chi connectivity index (χ3v) is 6.91. The molecule has 0 saturated carbocycles. The van der Waals surface area contributed by atoms with Crippen molar-refractivity contribution in [2.45, 2.75) is 19.9 Å². The van der Waals surface area contributed by atoms with Crippen LogP contribution in [-0.2, 0) is 27.3 Å². The summed E-state index contributed by atoms with van der Waals surface area (Å²) in [7, 11) is 0. The maximum Gasteiger partial charge on any atom is 0.264 e. The molecule has 2 aliphatic rings. The Morgan fingerprint density at radius 2 is 1.91 bits per heavy atom. The maximum absolute atomic E-state index is 12.8. The van der Waals surface area contributed by atoms with Gasteiger partial charge in [-0.05, 0) is 48.0 Å². The molecule has 0 radical (unpaired) electrons. The Bertz CT molecular complexity index is 1290. The number of aromatic nitrogens is 1. The standard InChI is InChI=1S/C26H26N4O3S/c1-2-18-7-9-20(10-8-18)27-26-28-25(32)23(34-26)15-19-16-30(22-6-4-3-5-21(19)22)17-24(31)29-11-13-33-14-12-29/h3-10,15-16H,2,11-14,17H2,1H3,(H,27,28,32)/b23-15+. The number of hydrogen-bond acceptors (Lipinski definition) is 5. The Balaban J connectivity index is 1.39. The van der Waals surface area contributed by atoms with E-state index in [1.807, 2.05) is 70.3 Å². The molecule has 0 atom stereocenters. The molecule has 0 unspecified atom stereocenters. The van der Waals surface area contributed by atoms with E-state index in [2.05, 4.69) is 17.2 Å². The van der Waals surface area contributed by atoms with E-state index in [1.165, 1.54) is 17.3 Å². The molecule has 2 amide bonds. The summed E-state index contributed by atoms with van der Waals surface area (Å²) in [6, 6.07) is 15.9. The average Bonchev–Trinajstić information content (AvgIpc) is 3.39. The number of amidine groups is 1. The van der Waals surface area contributed by atoms with Crippen LogP contribution in [-0.4, -0.2) is 52.8 Å². The second-order valence-corrected chi connectivity index (χ2v) is 9.26. The number of rotatable bonds is 5. The van der Waals surface area contributed by atoms with E-state index >= 15 is 0 Å². The number of aryl methyl sites for hydroxylation is 1. The lowest BCUT2D eigenvalue weighted by molar-refractivity contribution is -0.135. The molecule has 0 spiro atoms. The van der Waals surface area contributed by atoms with Gasteiger partial charge in [-0.15, -0.1) is 0 Å². The molecule has 1 aromatic heterocycles. The molecule has 2 fully saturated rings. The molecule has 8 heteroatoms. The topological polar surface area (TPSA) is 75.9 Å². The fourth-order valence-corrected chi connectivity index (χ4v) is 4.96. The first-order valence-electron chi connectivity index (χ1n) is 11.4. The zero-order valence-electron chi connectivity index (χ0n) is 19.0. The summed E-state index contributed by atoms with van der Waals surface area (Å²) in [5.41, 5.74) is 3.91. The van der Waals surface area contributed by atoms with Gasteiger partial charge in [-0.2, -0.15) is 0 Å². The number of carbonyl (C=O) groups is 2. The number of hydrogen-bond donors (Lipinski definition) is 1. The second kappa shape index (κ2) is 9.87. The number of thioether (sulfide) groups is 1. The maximum atomic E-state index is 12.8. The van der Waals surface area contributed by atoms with E-state index in [-0.39, 0.29) is 18.4 Å². The molecule has 3 aromatic rings. The number of benzene rings is 2. The van der Waals surface area contributed by atoms with Crippen LogP contribution < -0.4 is 5.32 Å². The molecular formula is C26H26N4O3S. The van der Waals surface area contributed by atoms with Crippen LogP contribution in [0.1, 0.15) is 18.1 Å². The Kier molecular flexibility index (Phi) is 6.51. The quantitative estimate of drug-likeness (QED) is 0.568. The van der Waals surface area contributed by atoms with Crippen molar-refractivity contribution >= 4 is 51.4 Å². The minimum absolute atomic E-state index is 0.0692. The van der Waals surface area contributed by atoms with Crippen molar-refractivity contribution in [3.8, 4) is 0 Å². The highest BCUT2D eigenvalue weighted by molar-refractivity contribution is 8.18. The predicted molar refractivity (Wildman–Crippen MR) is 136 cm³/mol. The first-order valence-corrected chi connectivity index (χ1v) is 12.2. The van der Waals surface area contributed by atoms with Crippen molar-refractivity contribution in [1.82, 2.24) is 14.8 Å². The summed E-state index contributed by atoms with van der Waals surface area (Å²) in [6.07, 6.45) is 4.80. The van der Waals surface area contributed by atoms with Crippen LogP contribution in [0.4, 0.5) is 5.69 Å². The van der Waals surface area contributed by atoms with Gasteiger partial charge in [-0.3, -0.25) is 9.59 Å². The van der Waals surface area contributed by atoms with Crippen LogP contribution in [0.5, 0.6) is 0 Å². The molecule has 3 heterocycles. The number of nitrogens with one attached hydrogen (secondary N) is 1. The van der Waals surface area contributed by atoms with Gasteiger partial charge >= 0.3 is 0 Å². The van der Waals surface area contributed by atoms with Crippen molar-refractivity contribution in [2.24, 2.45) is 4.99 Å². The van der Waals surface area contributed by atoms with E-state index in [4.69, 9.17) is 4.74 Å². The number of fused-ring (bicyclic) bond motifs is 1. The van der Waals surface area contributed by atoms with Crippen molar-refractivity contribution in [2.75, 3.05) is 26.3 Å². The van der Waals surface area contributed by atoms with Crippen LogP contribution in [0.2, 0.25) is 0 Å². The van der Waals surface area contributed by atoms with Gasteiger partial charge in [0.1, 0.15) is 6.54 Å². The molecule has 0 aliphatic carbocycles. The summed E-state index contributed by atoms with van der Waals surface area (Å²) in [5, 5.41) is 4.42. The molecule has 7 nitrogen and oxygen atoms in total. The third-order valence-electron chi connectivity index (χ3n) is 6.00. The zero-order chi connectivity index (χ0) is 23.5. The SMILES string of the molecule is CCc1ccc(N=C2NC(=O)/C(=C\c3cn(CC(=O)N4CCOCC4)c4ccccc34)S2)cc1.